The zero-order chi connectivity index (χ0) is 15.5. The van der Waals surface area contributed by atoms with Crippen molar-refractivity contribution in [3.05, 3.63) is 42.5 Å². The molecule has 112 valence electrons. The highest BCUT2D eigenvalue weighted by atomic mass is 19.1. The molecule has 0 atom stereocenters. The Morgan fingerprint density at radius 1 is 1.18 bits per heavy atom. The summed E-state index contributed by atoms with van der Waals surface area (Å²) in [6.07, 6.45) is 2.95. The highest BCUT2D eigenvalue weighted by Gasteiger charge is 2.24. The van der Waals surface area contributed by atoms with Crippen molar-refractivity contribution in [2.45, 2.75) is 6.42 Å². The minimum atomic E-state index is -0.525. The Hall–Kier alpha value is -3.03. The third kappa shape index (κ3) is 2.85. The van der Waals surface area contributed by atoms with Crippen LogP contribution < -0.4 is 15.0 Å². The maximum atomic E-state index is 13.5. The molecule has 1 saturated heterocycles. The normalized spacial score (nSPS) is 14.7. The van der Waals surface area contributed by atoms with Crippen LogP contribution in [-0.4, -0.2) is 28.5 Å². The lowest BCUT2D eigenvalue weighted by atomic mass is 10.3. The largest absolute Gasteiger partial charge is 0.421 e. The summed E-state index contributed by atoms with van der Waals surface area (Å²) in [4.78, 5) is 32.0. The molecule has 0 radical (unpaired) electrons. The number of urea groups is 1. The van der Waals surface area contributed by atoms with Crippen LogP contribution in [0.5, 0.6) is 11.8 Å². The van der Waals surface area contributed by atoms with Crippen LogP contribution in [0.25, 0.3) is 0 Å². The number of aromatic nitrogens is 2. The number of imide groups is 1. The van der Waals surface area contributed by atoms with Gasteiger partial charge in [-0.1, -0.05) is 12.1 Å². The molecule has 1 aliphatic rings. The van der Waals surface area contributed by atoms with Gasteiger partial charge < -0.3 is 4.74 Å². The summed E-state index contributed by atoms with van der Waals surface area (Å²) in [5.41, 5.74) is 0.422. The predicted molar refractivity (Wildman–Crippen MR) is 74.0 cm³/mol. The molecular weight excluding hydrogens is 291 g/mol. The number of hydrogen-bond acceptors (Lipinski definition) is 5. The topological polar surface area (TPSA) is 84.4 Å². The first-order valence-electron chi connectivity index (χ1n) is 6.49. The van der Waals surface area contributed by atoms with E-state index in [2.05, 4.69) is 15.3 Å². The quantitative estimate of drug-likeness (QED) is 0.935. The van der Waals surface area contributed by atoms with Gasteiger partial charge in [-0.25, -0.2) is 19.2 Å². The van der Waals surface area contributed by atoms with E-state index < -0.39 is 11.8 Å². The van der Waals surface area contributed by atoms with E-state index in [-0.39, 0.29) is 30.6 Å². The molecule has 0 aliphatic carbocycles. The molecule has 3 amide bonds. The van der Waals surface area contributed by atoms with Gasteiger partial charge in [-0.3, -0.25) is 15.0 Å². The SMILES string of the molecule is O=C1CCN(c2cnc(Oc3ccccc3F)nc2)C(=O)N1. The van der Waals surface area contributed by atoms with Gasteiger partial charge in [-0.15, -0.1) is 0 Å². The van der Waals surface area contributed by atoms with E-state index in [4.69, 9.17) is 4.74 Å². The first-order chi connectivity index (χ1) is 10.6. The molecule has 1 aromatic heterocycles. The third-order valence-electron chi connectivity index (χ3n) is 3.02. The van der Waals surface area contributed by atoms with Crippen molar-refractivity contribution in [3.8, 4) is 11.8 Å². The van der Waals surface area contributed by atoms with Gasteiger partial charge in [0.2, 0.25) is 5.91 Å². The number of hydrogen-bond donors (Lipinski definition) is 1. The van der Waals surface area contributed by atoms with Crippen LogP contribution in [-0.2, 0) is 4.79 Å². The van der Waals surface area contributed by atoms with Crippen molar-refractivity contribution in [2.24, 2.45) is 0 Å². The summed E-state index contributed by atoms with van der Waals surface area (Å²) in [6, 6.07) is 5.32. The molecule has 1 aromatic carbocycles. The third-order valence-corrected chi connectivity index (χ3v) is 3.02. The van der Waals surface area contributed by atoms with Crippen molar-refractivity contribution in [2.75, 3.05) is 11.4 Å². The van der Waals surface area contributed by atoms with Gasteiger partial charge in [-0.05, 0) is 12.1 Å². The smallest absolute Gasteiger partial charge is 0.328 e. The summed E-state index contributed by atoms with van der Waals surface area (Å²) in [5.74, 6) is -0.831. The van der Waals surface area contributed by atoms with Crippen molar-refractivity contribution in [3.63, 3.8) is 0 Å². The number of halogens is 1. The fraction of sp³-hybridized carbons (Fsp3) is 0.143. The summed E-state index contributed by atoms with van der Waals surface area (Å²) >= 11 is 0. The van der Waals surface area contributed by atoms with Crippen molar-refractivity contribution in [1.29, 1.82) is 0 Å². The van der Waals surface area contributed by atoms with Crippen LogP contribution in [0, 0.1) is 5.82 Å². The van der Waals surface area contributed by atoms with Gasteiger partial charge in [0.25, 0.3) is 0 Å². The van der Waals surface area contributed by atoms with Crippen LogP contribution in [0.15, 0.2) is 36.7 Å². The van der Waals surface area contributed by atoms with Gasteiger partial charge in [0, 0.05) is 13.0 Å². The molecule has 22 heavy (non-hydrogen) atoms. The number of nitrogens with zero attached hydrogens (tertiary/aromatic N) is 3. The van der Waals surface area contributed by atoms with Gasteiger partial charge in [0.05, 0.1) is 18.1 Å². The predicted octanol–water partition coefficient (Wildman–Crippen LogP) is 1.85. The Morgan fingerprint density at radius 3 is 2.59 bits per heavy atom. The maximum Gasteiger partial charge on any atom is 0.328 e. The monoisotopic (exact) mass is 302 g/mol. The lowest BCUT2D eigenvalue weighted by molar-refractivity contribution is -0.120. The number of carbonyl (C=O) groups excluding carboxylic acids is 2. The van der Waals surface area contributed by atoms with Crippen molar-refractivity contribution < 1.29 is 18.7 Å². The number of carbonyl (C=O) groups is 2. The molecule has 7 nitrogen and oxygen atoms in total. The van der Waals surface area contributed by atoms with E-state index in [0.29, 0.717) is 5.69 Å². The van der Waals surface area contributed by atoms with E-state index in [1.54, 1.807) is 12.1 Å². The molecule has 2 aromatic rings. The number of ether oxygens (including phenoxy) is 1. The zero-order valence-corrected chi connectivity index (χ0v) is 11.3. The van der Waals surface area contributed by atoms with Crippen LogP contribution in [0.3, 0.4) is 0 Å². The minimum Gasteiger partial charge on any atom is -0.421 e. The second-order valence-corrected chi connectivity index (χ2v) is 4.51. The van der Waals surface area contributed by atoms with Crippen molar-refractivity contribution >= 4 is 17.6 Å². The summed E-state index contributed by atoms with van der Waals surface area (Å²) < 4.78 is 18.7. The fourth-order valence-corrected chi connectivity index (χ4v) is 1.94. The van der Waals surface area contributed by atoms with Crippen LogP contribution in [0.2, 0.25) is 0 Å². The van der Waals surface area contributed by atoms with E-state index >= 15 is 0 Å². The fourth-order valence-electron chi connectivity index (χ4n) is 1.94. The first-order valence-corrected chi connectivity index (χ1v) is 6.49. The highest BCUT2D eigenvalue weighted by Crippen LogP contribution is 2.22. The Morgan fingerprint density at radius 2 is 1.91 bits per heavy atom. The number of anilines is 1. The molecular formula is C14H11FN4O3. The average Bonchev–Trinajstić information content (AvgIpc) is 2.51. The van der Waals surface area contributed by atoms with Gasteiger partial charge in [0.15, 0.2) is 11.6 Å². The van der Waals surface area contributed by atoms with Crippen LogP contribution in [0.4, 0.5) is 14.9 Å². The molecule has 1 aliphatic heterocycles. The highest BCUT2D eigenvalue weighted by molar-refractivity contribution is 6.05. The summed E-state index contributed by atoms with van der Waals surface area (Å²) in [7, 11) is 0. The molecule has 1 fully saturated rings. The maximum absolute atomic E-state index is 13.5. The number of rotatable bonds is 3. The van der Waals surface area contributed by atoms with Gasteiger partial charge in [-0.2, -0.15) is 0 Å². The second kappa shape index (κ2) is 5.76. The van der Waals surface area contributed by atoms with E-state index in [1.165, 1.54) is 29.4 Å². The molecule has 0 bridgehead atoms. The van der Waals surface area contributed by atoms with E-state index in [9.17, 15) is 14.0 Å². The standard InChI is InChI=1S/C14H11FN4O3/c15-10-3-1-2-4-11(10)22-13-16-7-9(8-17-13)19-6-5-12(20)18-14(19)21/h1-4,7-8H,5-6H2,(H,18,20,21). The molecule has 2 heterocycles. The van der Waals surface area contributed by atoms with E-state index in [0.717, 1.165) is 0 Å². The first kappa shape index (κ1) is 13.9. The number of nitrogens with one attached hydrogen (secondary N) is 1. The molecule has 1 N–H and O–H groups in total. The number of amides is 3. The zero-order valence-electron chi connectivity index (χ0n) is 11.3. The van der Waals surface area contributed by atoms with Crippen LogP contribution in [0.1, 0.15) is 6.42 Å². The molecule has 3 rings (SSSR count). The Bertz CT molecular complexity index is 720. The summed E-state index contributed by atoms with van der Waals surface area (Å²) in [6.45, 7) is 0.252. The molecule has 0 saturated carbocycles. The van der Waals surface area contributed by atoms with Gasteiger partial charge in [0.1, 0.15) is 0 Å². The molecule has 0 unspecified atom stereocenters. The second-order valence-electron chi connectivity index (χ2n) is 4.51. The number of benzene rings is 1. The molecule has 8 heteroatoms. The lowest BCUT2D eigenvalue weighted by Crippen LogP contribution is -2.49. The minimum absolute atomic E-state index is 0.0107. The van der Waals surface area contributed by atoms with Crippen molar-refractivity contribution in [1.82, 2.24) is 15.3 Å². The van der Waals surface area contributed by atoms with Gasteiger partial charge >= 0.3 is 12.0 Å². The Labute approximate surface area is 124 Å². The van der Waals surface area contributed by atoms with E-state index in [1.807, 2.05) is 0 Å². The summed E-state index contributed by atoms with van der Waals surface area (Å²) in [5, 5.41) is 2.20. The Kier molecular flexibility index (Phi) is 3.65. The van der Waals surface area contributed by atoms with Crippen LogP contribution >= 0.6 is 0 Å². The number of para-hydroxylation sites is 1. The lowest BCUT2D eigenvalue weighted by Gasteiger charge is -2.25. The molecule has 0 spiro atoms. The Balaban J connectivity index is 1.74. The average molecular weight is 302 g/mol.